The van der Waals surface area contributed by atoms with E-state index in [-0.39, 0.29) is 4.83 Å². The highest BCUT2D eigenvalue weighted by atomic mass is 79.9. The summed E-state index contributed by atoms with van der Waals surface area (Å²) < 4.78 is 0. The van der Waals surface area contributed by atoms with E-state index in [9.17, 15) is 0 Å². The lowest BCUT2D eigenvalue weighted by Crippen LogP contribution is -1.92. The first-order valence-corrected chi connectivity index (χ1v) is 4.36. The first-order chi connectivity index (χ1) is 4.31. The van der Waals surface area contributed by atoms with Crippen LogP contribution in [0.5, 0.6) is 0 Å². The molecule has 0 aromatic heterocycles. The third-order valence-electron chi connectivity index (χ3n) is 0.981. The van der Waals surface area contributed by atoms with Crippen LogP contribution in [0.1, 0.15) is 19.3 Å². The van der Waals surface area contributed by atoms with Crippen LogP contribution < -0.4 is 0 Å². The fourth-order valence-corrected chi connectivity index (χ4v) is 0.995. The van der Waals surface area contributed by atoms with Gasteiger partial charge in [0.05, 0.1) is 6.07 Å². The number of hydrogen-bond acceptors (Lipinski definition) is 1. The van der Waals surface area contributed by atoms with Gasteiger partial charge >= 0.3 is 0 Å². The molecule has 0 N–H and O–H groups in total. The highest BCUT2D eigenvalue weighted by Crippen LogP contribution is 2.08. The summed E-state index contributed by atoms with van der Waals surface area (Å²) in [5, 5.41) is 8.30. The Morgan fingerprint density at radius 2 is 2.22 bits per heavy atom. The van der Waals surface area contributed by atoms with Crippen molar-refractivity contribution in [1.29, 1.82) is 5.26 Å². The molecule has 1 atom stereocenters. The first kappa shape index (κ1) is 9.26. The molecule has 0 saturated heterocycles. The minimum atomic E-state index is 0.0146. The van der Waals surface area contributed by atoms with Crippen LogP contribution in [0.15, 0.2) is 0 Å². The van der Waals surface area contributed by atoms with E-state index in [1.165, 1.54) is 0 Å². The van der Waals surface area contributed by atoms with Crippen molar-refractivity contribution in [2.24, 2.45) is 0 Å². The van der Waals surface area contributed by atoms with Gasteiger partial charge in [0, 0.05) is 5.88 Å². The average molecular weight is 211 g/mol. The van der Waals surface area contributed by atoms with Gasteiger partial charge in [-0.1, -0.05) is 22.4 Å². The summed E-state index contributed by atoms with van der Waals surface area (Å²) in [6.45, 7) is 0. The molecular weight excluding hydrogens is 201 g/mol. The zero-order chi connectivity index (χ0) is 7.11. The highest BCUT2D eigenvalue weighted by Gasteiger charge is 1.98. The second kappa shape index (κ2) is 6.38. The van der Waals surface area contributed by atoms with E-state index in [0.717, 1.165) is 19.3 Å². The Kier molecular flexibility index (Phi) is 6.57. The van der Waals surface area contributed by atoms with Crippen molar-refractivity contribution in [3.8, 4) is 6.07 Å². The summed E-state index contributed by atoms with van der Waals surface area (Å²) in [5.41, 5.74) is 0. The molecule has 1 nitrogen and oxygen atoms in total. The second-order valence-corrected chi connectivity index (χ2v) is 3.26. The van der Waals surface area contributed by atoms with Gasteiger partial charge in [-0.15, -0.1) is 11.6 Å². The molecule has 0 radical (unpaired) electrons. The monoisotopic (exact) mass is 209 g/mol. The summed E-state index contributed by atoms with van der Waals surface area (Å²) in [5.74, 6) is 0.700. The third-order valence-corrected chi connectivity index (χ3v) is 1.91. The fourth-order valence-electron chi connectivity index (χ4n) is 0.483. The van der Waals surface area contributed by atoms with Crippen molar-refractivity contribution in [2.75, 3.05) is 5.88 Å². The van der Waals surface area contributed by atoms with Gasteiger partial charge in [-0.2, -0.15) is 5.26 Å². The van der Waals surface area contributed by atoms with Crippen LogP contribution in [0.25, 0.3) is 0 Å². The van der Waals surface area contributed by atoms with Gasteiger partial charge in [-0.05, 0) is 12.8 Å². The molecule has 0 spiro atoms. The molecule has 0 aromatic rings. The molecule has 9 heavy (non-hydrogen) atoms. The van der Waals surface area contributed by atoms with Crippen LogP contribution >= 0.6 is 27.5 Å². The van der Waals surface area contributed by atoms with E-state index in [4.69, 9.17) is 16.9 Å². The molecule has 1 unspecified atom stereocenters. The number of alkyl halides is 2. The van der Waals surface area contributed by atoms with E-state index in [1.54, 1.807) is 0 Å². The number of nitrogens with zero attached hydrogens (tertiary/aromatic N) is 1. The lowest BCUT2D eigenvalue weighted by molar-refractivity contribution is 0.751. The van der Waals surface area contributed by atoms with Crippen molar-refractivity contribution in [1.82, 2.24) is 0 Å². The molecule has 0 aromatic carbocycles. The first-order valence-electron chi connectivity index (χ1n) is 2.91. The van der Waals surface area contributed by atoms with Crippen LogP contribution in [-0.2, 0) is 0 Å². The molecule has 0 aliphatic rings. The number of halogens is 2. The van der Waals surface area contributed by atoms with Gasteiger partial charge in [0.15, 0.2) is 0 Å². The normalized spacial score (nSPS) is 12.6. The highest BCUT2D eigenvalue weighted by molar-refractivity contribution is 9.09. The standard InChI is InChI=1S/C6H9BrClN/c7-6(5-9)3-1-2-4-8/h6H,1-4H2. The van der Waals surface area contributed by atoms with Gasteiger partial charge in [0.2, 0.25) is 0 Å². The van der Waals surface area contributed by atoms with Crippen molar-refractivity contribution < 1.29 is 0 Å². The third kappa shape index (κ3) is 6.14. The zero-order valence-electron chi connectivity index (χ0n) is 5.11. The van der Waals surface area contributed by atoms with E-state index in [0.29, 0.717) is 5.88 Å². The molecule has 0 amide bonds. The molecule has 0 saturated carbocycles. The summed E-state index contributed by atoms with van der Waals surface area (Å²) in [7, 11) is 0. The Morgan fingerprint density at radius 3 is 2.67 bits per heavy atom. The smallest absolute Gasteiger partial charge is 0.101 e. The SMILES string of the molecule is N#CC(Br)CCCCCl. The molecular formula is C6H9BrClN. The van der Waals surface area contributed by atoms with E-state index in [1.807, 2.05) is 0 Å². The maximum Gasteiger partial charge on any atom is 0.101 e. The molecule has 0 rings (SSSR count). The average Bonchev–Trinajstić information content (AvgIpc) is 1.89. The molecule has 0 bridgehead atoms. The van der Waals surface area contributed by atoms with Gasteiger partial charge in [-0.25, -0.2) is 0 Å². The Balaban J connectivity index is 2.99. The lowest BCUT2D eigenvalue weighted by atomic mass is 10.2. The molecule has 3 heteroatoms. The van der Waals surface area contributed by atoms with Crippen LogP contribution in [0.2, 0.25) is 0 Å². The van der Waals surface area contributed by atoms with Crippen molar-refractivity contribution >= 4 is 27.5 Å². The fraction of sp³-hybridized carbons (Fsp3) is 0.833. The van der Waals surface area contributed by atoms with E-state index >= 15 is 0 Å². The Morgan fingerprint density at radius 1 is 1.56 bits per heavy atom. The van der Waals surface area contributed by atoms with Crippen molar-refractivity contribution in [3.63, 3.8) is 0 Å². The zero-order valence-corrected chi connectivity index (χ0v) is 7.45. The summed E-state index contributed by atoms with van der Waals surface area (Å²) in [6, 6.07) is 2.10. The summed E-state index contributed by atoms with van der Waals surface area (Å²) >= 11 is 8.63. The molecule has 0 aliphatic heterocycles. The van der Waals surface area contributed by atoms with Crippen molar-refractivity contribution in [3.05, 3.63) is 0 Å². The molecule has 0 aliphatic carbocycles. The van der Waals surface area contributed by atoms with Crippen LogP contribution in [0.3, 0.4) is 0 Å². The second-order valence-electron chi connectivity index (χ2n) is 1.78. The Labute approximate surface area is 69.1 Å². The quantitative estimate of drug-likeness (QED) is 0.517. The number of nitriles is 1. The largest absolute Gasteiger partial charge is 0.197 e. The van der Waals surface area contributed by atoms with Gasteiger partial charge in [0.25, 0.3) is 0 Å². The van der Waals surface area contributed by atoms with Crippen LogP contribution in [-0.4, -0.2) is 10.7 Å². The predicted molar refractivity (Wildman–Crippen MR) is 42.9 cm³/mol. The van der Waals surface area contributed by atoms with E-state index in [2.05, 4.69) is 22.0 Å². The molecule has 0 fully saturated rings. The van der Waals surface area contributed by atoms with Crippen LogP contribution in [0, 0.1) is 11.3 Å². The summed E-state index contributed by atoms with van der Waals surface area (Å²) in [6.07, 6.45) is 2.95. The maximum absolute atomic E-state index is 8.30. The topological polar surface area (TPSA) is 23.8 Å². The molecule has 0 heterocycles. The van der Waals surface area contributed by atoms with Crippen LogP contribution in [0.4, 0.5) is 0 Å². The van der Waals surface area contributed by atoms with E-state index < -0.39 is 0 Å². The van der Waals surface area contributed by atoms with Crippen molar-refractivity contribution in [2.45, 2.75) is 24.1 Å². The Bertz CT molecular complexity index is 99.7. The van der Waals surface area contributed by atoms with Gasteiger partial charge in [0.1, 0.15) is 4.83 Å². The number of unbranched alkanes of at least 4 members (excludes halogenated alkanes) is 1. The number of hydrogen-bond donors (Lipinski definition) is 0. The minimum Gasteiger partial charge on any atom is -0.197 e. The van der Waals surface area contributed by atoms with Gasteiger partial charge in [-0.3, -0.25) is 0 Å². The molecule has 52 valence electrons. The maximum atomic E-state index is 8.30. The Hall–Kier alpha value is 0.260. The predicted octanol–water partition coefficient (Wildman–Crippen LogP) is 2.68. The minimum absolute atomic E-state index is 0.0146. The number of rotatable bonds is 4. The lowest BCUT2D eigenvalue weighted by Gasteiger charge is -1.96. The van der Waals surface area contributed by atoms with Gasteiger partial charge < -0.3 is 0 Å². The summed E-state index contributed by atoms with van der Waals surface area (Å²) in [4.78, 5) is 0.0146.